The molecule has 0 bridgehead atoms. The number of nitrogens with one attached hydrogen (secondary N) is 1. The molecule has 0 aliphatic rings. The molecule has 0 spiro atoms. The minimum atomic E-state index is -0.230. The van der Waals surface area contributed by atoms with Crippen molar-refractivity contribution in [1.82, 2.24) is 24.6 Å². The van der Waals surface area contributed by atoms with Gasteiger partial charge in [0.05, 0.1) is 18.6 Å². The van der Waals surface area contributed by atoms with Crippen molar-refractivity contribution in [3.63, 3.8) is 0 Å². The van der Waals surface area contributed by atoms with E-state index >= 15 is 0 Å². The Morgan fingerprint density at radius 3 is 2.68 bits per heavy atom. The van der Waals surface area contributed by atoms with Gasteiger partial charge >= 0.3 is 0 Å². The first-order valence-electron chi connectivity index (χ1n) is 7.15. The number of hydrogen-bond donors (Lipinski definition) is 1. The van der Waals surface area contributed by atoms with Gasteiger partial charge in [-0.15, -0.1) is 0 Å². The van der Waals surface area contributed by atoms with Crippen LogP contribution in [0.1, 0.15) is 17.2 Å². The van der Waals surface area contributed by atoms with Gasteiger partial charge in [-0.25, -0.2) is 9.37 Å². The fourth-order valence-electron chi connectivity index (χ4n) is 2.43. The molecule has 1 N–H and O–H groups in total. The van der Waals surface area contributed by atoms with Gasteiger partial charge in [-0.3, -0.25) is 4.68 Å². The van der Waals surface area contributed by atoms with Crippen LogP contribution in [0.25, 0.3) is 0 Å². The van der Waals surface area contributed by atoms with E-state index in [1.807, 2.05) is 30.2 Å². The second-order valence-corrected chi connectivity index (χ2v) is 5.19. The fourth-order valence-corrected chi connectivity index (χ4v) is 2.43. The lowest BCUT2D eigenvalue weighted by molar-refractivity contribution is 0.549. The molecule has 0 unspecified atom stereocenters. The summed E-state index contributed by atoms with van der Waals surface area (Å²) in [6.07, 6.45) is 9.28. The van der Waals surface area contributed by atoms with Gasteiger partial charge in [0.15, 0.2) is 0 Å². The van der Waals surface area contributed by atoms with Crippen molar-refractivity contribution in [3.8, 4) is 0 Å². The Labute approximate surface area is 128 Å². The van der Waals surface area contributed by atoms with Gasteiger partial charge in [0, 0.05) is 44.3 Å². The molecule has 2 aromatic heterocycles. The molecule has 0 saturated heterocycles. The lowest BCUT2D eigenvalue weighted by atomic mass is 10.0. The van der Waals surface area contributed by atoms with Crippen LogP contribution in [-0.2, 0) is 13.6 Å². The first-order valence-corrected chi connectivity index (χ1v) is 7.15. The molecule has 2 heterocycles. The molecule has 0 aliphatic heterocycles. The predicted molar refractivity (Wildman–Crippen MR) is 81.7 cm³/mol. The Hall–Kier alpha value is -2.47. The summed E-state index contributed by atoms with van der Waals surface area (Å²) in [5, 5.41) is 7.72. The van der Waals surface area contributed by atoms with Gasteiger partial charge in [0.1, 0.15) is 5.82 Å². The molecule has 5 nitrogen and oxygen atoms in total. The summed E-state index contributed by atoms with van der Waals surface area (Å²) in [4.78, 5) is 4.03. The highest BCUT2D eigenvalue weighted by atomic mass is 19.1. The molecule has 22 heavy (non-hydrogen) atoms. The van der Waals surface area contributed by atoms with Crippen LogP contribution in [0, 0.1) is 5.82 Å². The number of hydrogen-bond acceptors (Lipinski definition) is 3. The highest BCUT2D eigenvalue weighted by Gasteiger charge is 2.15. The van der Waals surface area contributed by atoms with E-state index in [9.17, 15) is 4.39 Å². The molecule has 1 aromatic carbocycles. The average Bonchev–Trinajstić information content (AvgIpc) is 3.17. The molecule has 0 radical (unpaired) electrons. The topological polar surface area (TPSA) is 47.7 Å². The van der Waals surface area contributed by atoms with Gasteiger partial charge in [-0.05, 0) is 17.7 Å². The van der Waals surface area contributed by atoms with Crippen LogP contribution in [0.2, 0.25) is 0 Å². The zero-order valence-electron chi connectivity index (χ0n) is 12.4. The van der Waals surface area contributed by atoms with E-state index < -0.39 is 0 Å². The van der Waals surface area contributed by atoms with Crippen LogP contribution in [0.15, 0.2) is 55.4 Å². The molecular formula is C16H18FN5. The lowest BCUT2D eigenvalue weighted by Crippen LogP contribution is -2.25. The van der Waals surface area contributed by atoms with E-state index in [4.69, 9.17) is 0 Å². The smallest absolute Gasteiger partial charge is 0.123 e. The average molecular weight is 299 g/mol. The summed E-state index contributed by atoms with van der Waals surface area (Å²) in [6, 6.07) is 6.55. The third kappa shape index (κ3) is 3.40. The maximum atomic E-state index is 13.1. The van der Waals surface area contributed by atoms with E-state index in [0.717, 1.165) is 24.2 Å². The zero-order valence-corrected chi connectivity index (χ0v) is 12.4. The molecule has 114 valence electrons. The number of aryl methyl sites for hydroxylation is 1. The molecule has 0 fully saturated rings. The van der Waals surface area contributed by atoms with Crippen molar-refractivity contribution in [2.45, 2.75) is 12.6 Å². The summed E-state index contributed by atoms with van der Waals surface area (Å²) in [5.41, 5.74) is 2.07. The van der Waals surface area contributed by atoms with Crippen LogP contribution >= 0.6 is 0 Å². The quantitative estimate of drug-likeness (QED) is 0.758. The van der Waals surface area contributed by atoms with Gasteiger partial charge in [-0.2, -0.15) is 5.10 Å². The number of benzene rings is 1. The third-order valence-electron chi connectivity index (χ3n) is 3.54. The lowest BCUT2D eigenvalue weighted by Gasteiger charge is -2.18. The van der Waals surface area contributed by atoms with Crippen LogP contribution in [0.4, 0.5) is 4.39 Å². The first kappa shape index (κ1) is 14.5. The summed E-state index contributed by atoms with van der Waals surface area (Å²) < 4.78 is 16.9. The van der Waals surface area contributed by atoms with E-state index in [2.05, 4.69) is 15.4 Å². The number of aromatic nitrogens is 4. The molecule has 0 amide bonds. The Morgan fingerprint density at radius 1 is 1.23 bits per heavy atom. The van der Waals surface area contributed by atoms with Crippen molar-refractivity contribution in [2.24, 2.45) is 7.05 Å². The highest BCUT2D eigenvalue weighted by molar-refractivity contribution is 5.29. The second kappa shape index (κ2) is 6.53. The number of nitrogens with zero attached hydrogens (tertiary/aromatic N) is 4. The second-order valence-electron chi connectivity index (χ2n) is 5.19. The zero-order chi connectivity index (χ0) is 15.4. The summed E-state index contributed by atoms with van der Waals surface area (Å²) >= 11 is 0. The third-order valence-corrected chi connectivity index (χ3v) is 3.54. The Kier molecular flexibility index (Phi) is 4.29. The summed E-state index contributed by atoms with van der Waals surface area (Å²) in [6.45, 7) is 1.59. The minimum absolute atomic E-state index is 0.0159. The van der Waals surface area contributed by atoms with Crippen molar-refractivity contribution in [2.75, 3.05) is 6.54 Å². The van der Waals surface area contributed by atoms with Gasteiger partial charge in [0.25, 0.3) is 0 Å². The molecule has 1 atom stereocenters. The van der Waals surface area contributed by atoms with Crippen LogP contribution < -0.4 is 5.32 Å². The van der Waals surface area contributed by atoms with Crippen molar-refractivity contribution >= 4 is 0 Å². The van der Waals surface area contributed by atoms with Crippen LogP contribution in [-0.4, -0.2) is 25.9 Å². The first-order chi connectivity index (χ1) is 10.7. The minimum Gasteiger partial charge on any atom is -0.336 e. The van der Waals surface area contributed by atoms with E-state index in [1.165, 1.54) is 12.1 Å². The van der Waals surface area contributed by atoms with Crippen LogP contribution in [0.3, 0.4) is 0 Å². The Bertz CT molecular complexity index is 702. The van der Waals surface area contributed by atoms with E-state index in [1.54, 1.807) is 29.3 Å². The van der Waals surface area contributed by atoms with Gasteiger partial charge < -0.3 is 9.88 Å². The van der Waals surface area contributed by atoms with Crippen LogP contribution in [0.5, 0.6) is 0 Å². The number of rotatable bonds is 6. The van der Waals surface area contributed by atoms with E-state index in [0.29, 0.717) is 0 Å². The molecule has 3 rings (SSSR count). The summed E-state index contributed by atoms with van der Waals surface area (Å²) in [7, 11) is 1.89. The predicted octanol–water partition coefficient (Wildman–Crippen LogP) is 2.13. The molecule has 3 aromatic rings. The van der Waals surface area contributed by atoms with Gasteiger partial charge in [-0.1, -0.05) is 12.1 Å². The van der Waals surface area contributed by atoms with Gasteiger partial charge in [0.2, 0.25) is 0 Å². The fraction of sp³-hybridized carbons (Fsp3) is 0.250. The molecular weight excluding hydrogens is 281 g/mol. The van der Waals surface area contributed by atoms with E-state index in [-0.39, 0.29) is 11.9 Å². The highest BCUT2D eigenvalue weighted by Crippen LogP contribution is 2.21. The number of halogens is 1. The normalized spacial score (nSPS) is 12.5. The molecule has 0 saturated carbocycles. The Balaban J connectivity index is 1.75. The SMILES string of the molecule is Cn1cc([C@@H](NCCn2ccnc2)c2ccc(F)cc2)cn1. The molecule has 0 aliphatic carbocycles. The number of imidazole rings is 1. The standard InChI is InChI=1S/C16H18FN5/c1-21-11-14(10-20-21)16(13-2-4-15(17)5-3-13)19-7-9-22-8-6-18-12-22/h2-6,8,10-12,16,19H,7,9H2,1H3/t16-/m0/s1. The van der Waals surface area contributed by atoms with Crippen molar-refractivity contribution in [1.29, 1.82) is 0 Å². The van der Waals surface area contributed by atoms with Crippen molar-refractivity contribution < 1.29 is 4.39 Å². The monoisotopic (exact) mass is 299 g/mol. The molecule has 6 heteroatoms. The van der Waals surface area contributed by atoms with Crippen molar-refractivity contribution in [3.05, 3.63) is 72.3 Å². The maximum Gasteiger partial charge on any atom is 0.123 e. The Morgan fingerprint density at radius 2 is 2.05 bits per heavy atom. The maximum absolute atomic E-state index is 13.1. The largest absolute Gasteiger partial charge is 0.336 e. The summed E-state index contributed by atoms with van der Waals surface area (Å²) in [5.74, 6) is -0.230.